The molecule has 0 unspecified atom stereocenters. The lowest BCUT2D eigenvalue weighted by atomic mass is 10.3. The Balaban J connectivity index is 2.39. The van der Waals surface area contributed by atoms with E-state index < -0.39 is 17.6 Å². The number of imidazole rings is 1. The van der Waals surface area contributed by atoms with Crippen molar-refractivity contribution in [2.45, 2.75) is 26.3 Å². The van der Waals surface area contributed by atoms with Crippen LogP contribution in [0.2, 0.25) is 0 Å². The van der Waals surface area contributed by atoms with E-state index in [9.17, 15) is 13.6 Å². The second-order valence-electron chi connectivity index (χ2n) is 4.53. The van der Waals surface area contributed by atoms with E-state index in [1.165, 1.54) is 0 Å². The summed E-state index contributed by atoms with van der Waals surface area (Å²) in [7, 11) is 0. The molecule has 5 nitrogen and oxygen atoms in total. The first-order chi connectivity index (χ1) is 10.0. The molecule has 0 aliphatic carbocycles. The minimum absolute atomic E-state index is 0.119. The van der Waals surface area contributed by atoms with Crippen LogP contribution < -0.4 is 0 Å². The van der Waals surface area contributed by atoms with Gasteiger partial charge in [0.25, 0.3) is 0 Å². The molecule has 0 radical (unpaired) electrons. The molecule has 0 atom stereocenters. The lowest BCUT2D eigenvalue weighted by Gasteiger charge is -2.08. The Morgan fingerprint density at radius 1 is 1.38 bits per heavy atom. The van der Waals surface area contributed by atoms with Gasteiger partial charge in [0.15, 0.2) is 11.6 Å². The van der Waals surface area contributed by atoms with Crippen molar-refractivity contribution in [3.8, 4) is 0 Å². The number of nitrogens with zero attached hydrogens (tertiary/aromatic N) is 2. The second kappa shape index (κ2) is 6.62. The third kappa shape index (κ3) is 3.55. The predicted octanol–water partition coefficient (Wildman–Crippen LogP) is 2.37. The van der Waals surface area contributed by atoms with Crippen molar-refractivity contribution < 1.29 is 23.4 Å². The monoisotopic (exact) mass is 298 g/mol. The molecule has 2 aromatic rings. The van der Waals surface area contributed by atoms with E-state index in [2.05, 4.69) is 4.98 Å². The van der Waals surface area contributed by atoms with Crippen molar-refractivity contribution >= 4 is 17.0 Å². The lowest BCUT2D eigenvalue weighted by molar-refractivity contribution is -0.137. The van der Waals surface area contributed by atoms with E-state index in [0.717, 1.165) is 12.1 Å². The van der Waals surface area contributed by atoms with Crippen molar-refractivity contribution in [3.05, 3.63) is 29.6 Å². The smallest absolute Gasteiger partial charge is 0.305 e. The summed E-state index contributed by atoms with van der Waals surface area (Å²) in [5.41, 5.74) is 0.701. The first kappa shape index (κ1) is 15.4. The molecule has 0 bridgehead atoms. The van der Waals surface area contributed by atoms with Gasteiger partial charge in [0.05, 0.1) is 24.1 Å². The third-order valence-corrected chi connectivity index (χ3v) is 3.09. The molecule has 0 saturated carbocycles. The minimum Gasteiger partial charge on any atom is -0.481 e. The van der Waals surface area contributed by atoms with Gasteiger partial charge in [0.1, 0.15) is 5.82 Å². The molecule has 1 aromatic carbocycles. The van der Waals surface area contributed by atoms with Crippen LogP contribution in [0.15, 0.2) is 12.1 Å². The summed E-state index contributed by atoms with van der Waals surface area (Å²) in [4.78, 5) is 15.0. The highest BCUT2D eigenvalue weighted by Gasteiger charge is 2.15. The average molecular weight is 298 g/mol. The van der Waals surface area contributed by atoms with Gasteiger partial charge in [-0.15, -0.1) is 0 Å². The molecule has 0 amide bonds. The Kier molecular flexibility index (Phi) is 4.85. The first-order valence-corrected chi connectivity index (χ1v) is 6.66. The van der Waals surface area contributed by atoms with E-state index in [1.54, 1.807) is 4.57 Å². The van der Waals surface area contributed by atoms with E-state index in [0.29, 0.717) is 36.5 Å². The van der Waals surface area contributed by atoms with Gasteiger partial charge in [-0.1, -0.05) is 0 Å². The van der Waals surface area contributed by atoms with Crippen LogP contribution in [0, 0.1) is 11.6 Å². The maximum Gasteiger partial charge on any atom is 0.305 e. The Hall–Kier alpha value is -2.02. The van der Waals surface area contributed by atoms with Gasteiger partial charge < -0.3 is 14.4 Å². The summed E-state index contributed by atoms with van der Waals surface area (Å²) in [6.07, 6.45) is 0.331. The van der Waals surface area contributed by atoms with Gasteiger partial charge in [-0.2, -0.15) is 0 Å². The molecule has 1 N–H and O–H groups in total. The van der Waals surface area contributed by atoms with Crippen LogP contribution in [0.3, 0.4) is 0 Å². The summed E-state index contributed by atoms with van der Waals surface area (Å²) in [6.45, 7) is 2.98. The number of hydrogen-bond acceptors (Lipinski definition) is 3. The molecule has 0 aliphatic heterocycles. The van der Waals surface area contributed by atoms with E-state index in [-0.39, 0.29) is 13.0 Å². The topological polar surface area (TPSA) is 64.4 Å². The SMILES string of the molecule is CCOCCc1nc2cc(F)c(F)cc2n1CCC(=O)O. The Morgan fingerprint density at radius 3 is 2.76 bits per heavy atom. The van der Waals surface area contributed by atoms with Crippen molar-refractivity contribution in [3.63, 3.8) is 0 Å². The Bertz CT molecular complexity index is 655. The van der Waals surface area contributed by atoms with Crippen LogP contribution in [0.1, 0.15) is 19.2 Å². The molecule has 1 aromatic heterocycles. The normalized spacial score (nSPS) is 11.2. The average Bonchev–Trinajstić information content (AvgIpc) is 2.74. The summed E-state index contributed by atoms with van der Waals surface area (Å²) in [5, 5.41) is 8.80. The van der Waals surface area contributed by atoms with Gasteiger partial charge >= 0.3 is 5.97 Å². The standard InChI is InChI=1S/C14H16F2N2O3/c1-2-21-6-4-13-17-11-7-9(15)10(16)8-12(11)18(13)5-3-14(19)20/h7-8H,2-6H2,1H3,(H,19,20). The van der Waals surface area contributed by atoms with E-state index in [4.69, 9.17) is 9.84 Å². The summed E-state index contributed by atoms with van der Waals surface area (Å²) in [6, 6.07) is 2.07. The van der Waals surface area contributed by atoms with Gasteiger partial charge in [-0.05, 0) is 6.92 Å². The number of hydrogen-bond donors (Lipinski definition) is 1. The van der Waals surface area contributed by atoms with Crippen LogP contribution >= 0.6 is 0 Å². The quantitative estimate of drug-likeness (QED) is 0.797. The highest BCUT2D eigenvalue weighted by Crippen LogP contribution is 2.21. The van der Waals surface area contributed by atoms with Crippen LogP contribution in [-0.2, 0) is 22.5 Å². The van der Waals surface area contributed by atoms with E-state index in [1.807, 2.05) is 6.92 Å². The molecule has 2 rings (SSSR count). The summed E-state index contributed by atoms with van der Waals surface area (Å²) >= 11 is 0. The maximum atomic E-state index is 13.4. The zero-order valence-corrected chi connectivity index (χ0v) is 11.6. The number of carboxylic acids is 1. The number of benzene rings is 1. The lowest BCUT2D eigenvalue weighted by Crippen LogP contribution is -2.10. The first-order valence-electron chi connectivity index (χ1n) is 6.66. The summed E-state index contributed by atoms with van der Waals surface area (Å²) in [5.74, 6) is -2.35. The van der Waals surface area contributed by atoms with Crippen LogP contribution in [0.4, 0.5) is 8.78 Å². The molecule has 21 heavy (non-hydrogen) atoms. The van der Waals surface area contributed by atoms with Crippen LogP contribution in [-0.4, -0.2) is 33.8 Å². The third-order valence-electron chi connectivity index (χ3n) is 3.09. The number of rotatable bonds is 7. The molecular weight excluding hydrogens is 282 g/mol. The molecule has 0 spiro atoms. The highest BCUT2D eigenvalue weighted by atomic mass is 19.2. The fourth-order valence-corrected chi connectivity index (χ4v) is 2.13. The van der Waals surface area contributed by atoms with Gasteiger partial charge in [-0.3, -0.25) is 4.79 Å². The highest BCUT2D eigenvalue weighted by molar-refractivity contribution is 5.76. The molecule has 1 heterocycles. The maximum absolute atomic E-state index is 13.4. The zero-order valence-electron chi connectivity index (χ0n) is 11.6. The van der Waals surface area contributed by atoms with Crippen molar-refractivity contribution in [2.75, 3.05) is 13.2 Å². The minimum atomic E-state index is -0.977. The van der Waals surface area contributed by atoms with Crippen LogP contribution in [0.5, 0.6) is 0 Å². The molecule has 7 heteroatoms. The number of aromatic nitrogens is 2. The molecule has 0 aliphatic rings. The van der Waals surface area contributed by atoms with E-state index >= 15 is 0 Å². The fraction of sp³-hybridized carbons (Fsp3) is 0.429. The largest absolute Gasteiger partial charge is 0.481 e. The number of carbonyl (C=O) groups is 1. The number of halogens is 2. The number of aliphatic carboxylic acids is 1. The number of aryl methyl sites for hydroxylation is 1. The fourth-order valence-electron chi connectivity index (χ4n) is 2.13. The van der Waals surface area contributed by atoms with Crippen molar-refractivity contribution in [1.82, 2.24) is 9.55 Å². The van der Waals surface area contributed by atoms with Gasteiger partial charge in [0.2, 0.25) is 0 Å². The number of carboxylic acid groups (broad SMARTS) is 1. The summed E-state index contributed by atoms with van der Waals surface area (Å²) < 4.78 is 33.5. The molecule has 0 fully saturated rings. The predicted molar refractivity (Wildman–Crippen MR) is 72.1 cm³/mol. The number of fused-ring (bicyclic) bond motifs is 1. The Morgan fingerprint density at radius 2 is 2.10 bits per heavy atom. The molecule has 0 saturated heterocycles. The Labute approximate surface area is 120 Å². The van der Waals surface area contributed by atoms with Crippen LogP contribution in [0.25, 0.3) is 11.0 Å². The van der Waals surface area contributed by atoms with Crippen molar-refractivity contribution in [1.29, 1.82) is 0 Å². The second-order valence-corrected chi connectivity index (χ2v) is 4.53. The van der Waals surface area contributed by atoms with Gasteiger partial charge in [0, 0.05) is 31.7 Å². The molecule has 114 valence electrons. The number of ether oxygens (including phenoxy) is 1. The van der Waals surface area contributed by atoms with Crippen molar-refractivity contribution in [2.24, 2.45) is 0 Å². The zero-order chi connectivity index (χ0) is 15.4. The van der Waals surface area contributed by atoms with Gasteiger partial charge in [-0.25, -0.2) is 13.8 Å². The molecular formula is C14H16F2N2O3.